The van der Waals surface area contributed by atoms with E-state index in [9.17, 15) is 19.5 Å². The molecule has 8 nitrogen and oxygen atoms in total. The van der Waals surface area contributed by atoms with Crippen LogP contribution in [0.1, 0.15) is 6.92 Å². The molecule has 1 aromatic carbocycles. The Hall–Kier alpha value is -1.78. The van der Waals surface area contributed by atoms with E-state index in [4.69, 9.17) is 11.6 Å². The van der Waals surface area contributed by atoms with Crippen LogP contribution in [0, 0.1) is 0 Å². The molecule has 0 saturated carbocycles. The van der Waals surface area contributed by atoms with Crippen LogP contribution in [-0.4, -0.2) is 51.4 Å². The van der Waals surface area contributed by atoms with Crippen molar-refractivity contribution in [1.82, 2.24) is 15.2 Å². The second kappa shape index (κ2) is 9.15. The minimum atomic E-state index is -1.38. The number of hydrogen-bond donors (Lipinski definition) is 2. The zero-order chi connectivity index (χ0) is 20.7. The summed E-state index contributed by atoms with van der Waals surface area (Å²) in [6, 6.07) is 6.27. The number of carbonyl (C=O) groups excluding carboxylic acids is 3. The predicted molar refractivity (Wildman–Crippen MR) is 108 cm³/mol. The van der Waals surface area contributed by atoms with Gasteiger partial charge in [0.1, 0.15) is 11.4 Å². The topological polar surface area (TPSA) is 114 Å². The van der Waals surface area contributed by atoms with E-state index in [2.05, 4.69) is 15.6 Å². The fraction of sp³-hybridized carbons (Fsp3) is 0.263. The molecule has 30 heavy (non-hydrogen) atoms. The molecule has 2 aliphatic rings. The maximum absolute atomic E-state index is 12.4. The van der Waals surface area contributed by atoms with Crippen molar-refractivity contribution in [2.24, 2.45) is 0 Å². The number of carboxylic acids is 1. The van der Waals surface area contributed by atoms with E-state index in [0.717, 1.165) is 5.39 Å². The first-order chi connectivity index (χ1) is 13.9. The monoisotopic (exact) mass is 454 g/mol. The van der Waals surface area contributed by atoms with Gasteiger partial charge in [-0.05, 0) is 36.8 Å². The number of halogens is 1. The number of β-lactam (4-membered cyclic amide) rings is 1. The zero-order valence-electron chi connectivity index (χ0n) is 16.3. The van der Waals surface area contributed by atoms with E-state index >= 15 is 0 Å². The van der Waals surface area contributed by atoms with Gasteiger partial charge in [0.15, 0.2) is 0 Å². The van der Waals surface area contributed by atoms with Crippen LogP contribution in [0.4, 0.5) is 5.69 Å². The summed E-state index contributed by atoms with van der Waals surface area (Å²) in [6.45, 7) is 1.61. The maximum Gasteiger partial charge on any atom is 1.00 e. The Morgan fingerprint density at radius 1 is 1.37 bits per heavy atom. The molecule has 0 aliphatic carbocycles. The first-order valence-corrected chi connectivity index (χ1v) is 10.2. The van der Waals surface area contributed by atoms with Gasteiger partial charge in [-0.25, -0.2) is 0 Å². The molecule has 0 unspecified atom stereocenters. The van der Waals surface area contributed by atoms with Crippen molar-refractivity contribution in [3.63, 3.8) is 0 Å². The molecule has 0 radical (unpaired) electrons. The number of rotatable bonds is 5. The molecule has 2 N–H and O–H groups in total. The molecule has 150 valence electrons. The summed E-state index contributed by atoms with van der Waals surface area (Å²) in [4.78, 5) is 41.6. The second-order valence-corrected chi connectivity index (χ2v) is 8.29. The average molecular weight is 455 g/mol. The Kier molecular flexibility index (Phi) is 6.98. The minimum absolute atomic E-state index is 0. The number of anilines is 1. The Morgan fingerprint density at radius 2 is 2.13 bits per heavy atom. The average Bonchev–Trinajstić information content (AvgIpc) is 2.69. The molecule has 2 amide bonds. The van der Waals surface area contributed by atoms with Crippen molar-refractivity contribution < 1.29 is 49.0 Å². The summed E-state index contributed by atoms with van der Waals surface area (Å²) in [7, 11) is 0. The Bertz CT molecular complexity index is 1080. The van der Waals surface area contributed by atoms with Crippen LogP contribution in [0.3, 0.4) is 0 Å². The SMILES string of the molecule is CC1=C(C(=O)[O-])N2C(=O)[C@@H](NC(=O)CNc3ccnc4cc(Cl)ccc34)[C@H]2SC1.[Na+]. The van der Waals surface area contributed by atoms with Crippen molar-refractivity contribution in [1.29, 1.82) is 0 Å². The predicted octanol–water partition coefficient (Wildman–Crippen LogP) is -2.27. The molecule has 2 aromatic rings. The second-order valence-electron chi connectivity index (χ2n) is 6.74. The third kappa shape index (κ3) is 4.17. The van der Waals surface area contributed by atoms with Gasteiger partial charge < -0.3 is 20.5 Å². The van der Waals surface area contributed by atoms with E-state index in [-0.39, 0.29) is 47.7 Å². The number of carboxylic acid groups (broad SMARTS) is 1. The first-order valence-electron chi connectivity index (χ1n) is 8.80. The number of aliphatic carboxylic acids is 1. The Balaban J connectivity index is 0.00000256. The van der Waals surface area contributed by atoms with E-state index < -0.39 is 23.3 Å². The fourth-order valence-electron chi connectivity index (χ4n) is 3.44. The molecule has 4 rings (SSSR count). The molecule has 11 heteroatoms. The van der Waals surface area contributed by atoms with Gasteiger partial charge in [-0.15, -0.1) is 11.8 Å². The number of thioether (sulfide) groups is 1. The number of benzene rings is 1. The fourth-order valence-corrected chi connectivity index (χ4v) is 4.90. The minimum Gasteiger partial charge on any atom is -0.543 e. The van der Waals surface area contributed by atoms with Gasteiger partial charge in [0, 0.05) is 28.0 Å². The zero-order valence-corrected chi connectivity index (χ0v) is 19.8. The Morgan fingerprint density at radius 3 is 2.87 bits per heavy atom. The third-order valence-corrected chi connectivity index (χ3v) is 6.47. The number of hydrogen-bond acceptors (Lipinski definition) is 7. The van der Waals surface area contributed by atoms with Gasteiger partial charge in [0.2, 0.25) is 5.91 Å². The van der Waals surface area contributed by atoms with Crippen LogP contribution in [0.25, 0.3) is 10.9 Å². The number of amides is 2. The summed E-state index contributed by atoms with van der Waals surface area (Å²) < 4.78 is 0. The smallest absolute Gasteiger partial charge is 0.543 e. The van der Waals surface area contributed by atoms with Crippen molar-refractivity contribution >= 4 is 57.7 Å². The van der Waals surface area contributed by atoms with Crippen LogP contribution in [0.2, 0.25) is 5.02 Å². The van der Waals surface area contributed by atoms with Gasteiger partial charge in [0.25, 0.3) is 5.91 Å². The quantitative estimate of drug-likeness (QED) is 0.387. The summed E-state index contributed by atoms with van der Waals surface area (Å²) in [5.41, 5.74) is 1.90. The van der Waals surface area contributed by atoms with E-state index in [0.29, 0.717) is 27.6 Å². The molecule has 1 saturated heterocycles. The number of fused-ring (bicyclic) bond motifs is 2. The Labute approximate surface area is 203 Å². The maximum atomic E-state index is 12.4. The van der Waals surface area contributed by atoms with Gasteiger partial charge in [0.05, 0.1) is 23.7 Å². The van der Waals surface area contributed by atoms with Gasteiger partial charge in [-0.3, -0.25) is 19.5 Å². The van der Waals surface area contributed by atoms with Gasteiger partial charge in [-0.1, -0.05) is 11.6 Å². The van der Waals surface area contributed by atoms with E-state index in [1.165, 1.54) is 16.7 Å². The summed E-state index contributed by atoms with van der Waals surface area (Å²) in [5, 5.41) is 18.0. The third-order valence-electron chi connectivity index (χ3n) is 4.81. The number of nitrogens with zero attached hydrogens (tertiary/aromatic N) is 2. The molecule has 1 aromatic heterocycles. The largest absolute Gasteiger partial charge is 1.00 e. The number of nitrogens with one attached hydrogen (secondary N) is 2. The molecular weight excluding hydrogens is 439 g/mol. The van der Waals surface area contributed by atoms with Crippen LogP contribution >= 0.6 is 23.4 Å². The summed E-state index contributed by atoms with van der Waals surface area (Å²) >= 11 is 7.39. The van der Waals surface area contributed by atoms with E-state index in [1.807, 2.05) is 6.07 Å². The molecule has 3 heterocycles. The molecule has 0 bridgehead atoms. The van der Waals surface area contributed by atoms with Crippen LogP contribution in [-0.2, 0) is 14.4 Å². The molecule has 2 aliphatic heterocycles. The van der Waals surface area contributed by atoms with Crippen molar-refractivity contribution in [2.45, 2.75) is 18.3 Å². The van der Waals surface area contributed by atoms with Crippen LogP contribution < -0.4 is 45.3 Å². The molecule has 2 atom stereocenters. The van der Waals surface area contributed by atoms with E-state index in [1.54, 1.807) is 31.3 Å². The summed E-state index contributed by atoms with van der Waals surface area (Å²) in [5.74, 6) is -1.73. The van der Waals surface area contributed by atoms with Crippen molar-refractivity contribution in [3.8, 4) is 0 Å². The van der Waals surface area contributed by atoms with Gasteiger partial charge in [-0.2, -0.15) is 0 Å². The standard InChI is InChI=1S/C19H17ClN4O4S.Na/c1-9-8-29-18-15(17(26)24(18)16(9)19(27)28)23-14(25)7-22-12-4-5-21-13-6-10(20)2-3-11(12)13;/h2-6,15,18H,7-8H2,1H3,(H,21,22)(H,23,25)(H,27,28);/q;+1/p-1/t15-,18-;/m1./s1. The van der Waals surface area contributed by atoms with Crippen molar-refractivity contribution in [2.75, 3.05) is 17.6 Å². The summed E-state index contributed by atoms with van der Waals surface area (Å²) in [6.07, 6.45) is 1.61. The van der Waals surface area contributed by atoms with Crippen LogP contribution in [0.5, 0.6) is 0 Å². The number of pyridine rings is 1. The first kappa shape index (κ1) is 22.9. The molecule has 1 fully saturated rings. The molecular formula is C19H16ClN4NaO4S. The number of carbonyl (C=O) groups is 3. The molecule has 0 spiro atoms. The van der Waals surface area contributed by atoms with Crippen LogP contribution in [0.15, 0.2) is 41.7 Å². The normalized spacial score (nSPS) is 20.2. The van der Waals surface area contributed by atoms with Crippen molar-refractivity contribution in [3.05, 3.63) is 46.8 Å². The number of aromatic nitrogens is 1. The van der Waals surface area contributed by atoms with Gasteiger partial charge >= 0.3 is 29.6 Å².